The molecule has 1 amide bonds. The van der Waals surface area contributed by atoms with E-state index in [0.29, 0.717) is 28.5 Å². The van der Waals surface area contributed by atoms with Crippen molar-refractivity contribution in [2.24, 2.45) is 0 Å². The second-order valence-corrected chi connectivity index (χ2v) is 5.85. The number of carbonyl (C=O) groups excluding carboxylic acids is 1. The number of amides is 1. The quantitative estimate of drug-likeness (QED) is 0.831. The van der Waals surface area contributed by atoms with Gasteiger partial charge in [-0.15, -0.1) is 0 Å². The first-order valence-corrected chi connectivity index (χ1v) is 7.38. The molecule has 1 aromatic rings. The highest BCUT2D eigenvalue weighted by Gasteiger charge is 2.42. The number of aliphatic carboxylic acids is 1. The van der Waals surface area contributed by atoms with Crippen LogP contribution in [0.15, 0.2) is 24.3 Å². The molecule has 0 saturated heterocycles. The number of carboxylic acids is 1. The zero-order chi connectivity index (χ0) is 15.5. The Morgan fingerprint density at radius 3 is 2.52 bits per heavy atom. The van der Waals surface area contributed by atoms with E-state index in [-0.39, 0.29) is 0 Å². The molecule has 0 spiro atoms. The normalized spacial score (nSPS) is 17.0. The highest BCUT2D eigenvalue weighted by Crippen LogP contribution is 2.30. The second-order valence-electron chi connectivity index (χ2n) is 5.06. The summed E-state index contributed by atoms with van der Waals surface area (Å²) in [6.07, 6.45) is 5.32. The smallest absolute Gasteiger partial charge is 0.329 e. The van der Waals surface area contributed by atoms with Crippen molar-refractivity contribution in [3.05, 3.63) is 39.9 Å². The molecule has 0 heterocycles. The van der Waals surface area contributed by atoms with Crippen molar-refractivity contribution in [2.45, 2.75) is 31.2 Å². The summed E-state index contributed by atoms with van der Waals surface area (Å²) in [4.78, 5) is 23.3. The van der Waals surface area contributed by atoms with Gasteiger partial charge < -0.3 is 10.4 Å². The summed E-state index contributed by atoms with van der Waals surface area (Å²) >= 11 is 11.9. The van der Waals surface area contributed by atoms with Crippen molar-refractivity contribution in [3.63, 3.8) is 0 Å². The summed E-state index contributed by atoms with van der Waals surface area (Å²) in [5, 5.41) is 12.7. The molecule has 1 aliphatic rings. The Balaban J connectivity index is 2.09. The Morgan fingerprint density at radius 1 is 1.24 bits per heavy atom. The Hall–Kier alpha value is -1.52. The molecule has 112 valence electrons. The van der Waals surface area contributed by atoms with Gasteiger partial charge in [-0.2, -0.15) is 0 Å². The molecule has 1 aliphatic carbocycles. The van der Waals surface area contributed by atoms with Gasteiger partial charge in [0, 0.05) is 6.08 Å². The monoisotopic (exact) mass is 327 g/mol. The SMILES string of the molecule is O=C(/C=C/c1cccc(Cl)c1Cl)NC1(C(=O)O)CCCC1. The third kappa shape index (κ3) is 3.57. The number of hydrogen-bond donors (Lipinski definition) is 2. The molecular formula is C15H15Cl2NO3. The zero-order valence-corrected chi connectivity index (χ0v) is 12.7. The third-order valence-corrected chi connectivity index (χ3v) is 4.46. The van der Waals surface area contributed by atoms with E-state index < -0.39 is 17.4 Å². The lowest BCUT2D eigenvalue weighted by molar-refractivity contribution is -0.146. The van der Waals surface area contributed by atoms with E-state index in [1.165, 1.54) is 12.2 Å². The second kappa shape index (κ2) is 6.50. The molecule has 0 atom stereocenters. The summed E-state index contributed by atoms with van der Waals surface area (Å²) in [5.74, 6) is -1.43. The fourth-order valence-corrected chi connectivity index (χ4v) is 2.83. The van der Waals surface area contributed by atoms with E-state index in [0.717, 1.165) is 12.8 Å². The van der Waals surface area contributed by atoms with Crippen molar-refractivity contribution in [3.8, 4) is 0 Å². The predicted octanol–water partition coefficient (Wildman–Crippen LogP) is 3.52. The molecule has 2 rings (SSSR count). The topological polar surface area (TPSA) is 66.4 Å². The number of nitrogens with one attached hydrogen (secondary N) is 1. The maximum Gasteiger partial charge on any atom is 0.329 e. The van der Waals surface area contributed by atoms with Gasteiger partial charge in [-0.1, -0.05) is 48.2 Å². The van der Waals surface area contributed by atoms with Crippen LogP contribution in [0, 0.1) is 0 Å². The van der Waals surface area contributed by atoms with Crippen LogP contribution in [-0.2, 0) is 9.59 Å². The number of benzene rings is 1. The van der Waals surface area contributed by atoms with Crippen molar-refractivity contribution >= 4 is 41.2 Å². The van der Waals surface area contributed by atoms with Gasteiger partial charge in [0.05, 0.1) is 10.0 Å². The highest BCUT2D eigenvalue weighted by atomic mass is 35.5. The Morgan fingerprint density at radius 2 is 1.90 bits per heavy atom. The van der Waals surface area contributed by atoms with Gasteiger partial charge in [-0.25, -0.2) is 4.79 Å². The lowest BCUT2D eigenvalue weighted by atomic mass is 9.98. The van der Waals surface area contributed by atoms with Gasteiger partial charge in [0.2, 0.25) is 5.91 Å². The van der Waals surface area contributed by atoms with Crippen LogP contribution < -0.4 is 5.32 Å². The van der Waals surface area contributed by atoms with Crippen LogP contribution in [0.1, 0.15) is 31.2 Å². The molecule has 4 nitrogen and oxygen atoms in total. The number of hydrogen-bond acceptors (Lipinski definition) is 2. The molecule has 1 aromatic carbocycles. The number of carbonyl (C=O) groups is 2. The molecule has 1 fully saturated rings. The van der Waals surface area contributed by atoms with Gasteiger partial charge >= 0.3 is 5.97 Å². The standard InChI is InChI=1S/C15H15Cl2NO3/c16-11-5-3-4-10(13(11)17)6-7-12(19)18-15(14(20)21)8-1-2-9-15/h3-7H,1-2,8-9H2,(H,18,19)(H,20,21)/b7-6+. The summed E-state index contributed by atoms with van der Waals surface area (Å²) < 4.78 is 0. The molecule has 0 bridgehead atoms. The van der Waals surface area contributed by atoms with Gasteiger partial charge in [-0.3, -0.25) is 4.79 Å². The number of carboxylic acid groups (broad SMARTS) is 1. The van der Waals surface area contributed by atoms with Crippen LogP contribution in [0.4, 0.5) is 0 Å². The van der Waals surface area contributed by atoms with Gasteiger partial charge in [-0.05, 0) is 30.5 Å². The Labute approximate surface area is 132 Å². The molecule has 0 unspecified atom stereocenters. The minimum atomic E-state index is -1.14. The molecule has 6 heteroatoms. The average Bonchev–Trinajstić information content (AvgIpc) is 2.90. The summed E-state index contributed by atoms with van der Waals surface area (Å²) in [6.45, 7) is 0. The van der Waals surface area contributed by atoms with E-state index >= 15 is 0 Å². The van der Waals surface area contributed by atoms with Crippen LogP contribution in [-0.4, -0.2) is 22.5 Å². The van der Waals surface area contributed by atoms with Crippen LogP contribution in [0.2, 0.25) is 10.0 Å². The largest absolute Gasteiger partial charge is 0.480 e. The number of halogens is 2. The zero-order valence-electron chi connectivity index (χ0n) is 11.2. The first-order chi connectivity index (χ1) is 9.94. The van der Waals surface area contributed by atoms with Gasteiger partial charge in [0.15, 0.2) is 0 Å². The van der Waals surface area contributed by atoms with Crippen molar-refractivity contribution in [1.29, 1.82) is 0 Å². The van der Waals surface area contributed by atoms with Crippen LogP contribution in [0.3, 0.4) is 0 Å². The minimum absolute atomic E-state index is 0.358. The average molecular weight is 328 g/mol. The van der Waals surface area contributed by atoms with Crippen molar-refractivity contribution in [2.75, 3.05) is 0 Å². The Bertz CT molecular complexity index is 593. The van der Waals surface area contributed by atoms with Crippen LogP contribution >= 0.6 is 23.2 Å². The minimum Gasteiger partial charge on any atom is -0.480 e. The van der Waals surface area contributed by atoms with E-state index in [1.54, 1.807) is 18.2 Å². The van der Waals surface area contributed by atoms with Crippen molar-refractivity contribution < 1.29 is 14.7 Å². The maximum atomic E-state index is 11.9. The van der Waals surface area contributed by atoms with E-state index in [9.17, 15) is 14.7 Å². The van der Waals surface area contributed by atoms with Gasteiger partial charge in [0.1, 0.15) is 5.54 Å². The molecule has 21 heavy (non-hydrogen) atoms. The fraction of sp³-hybridized carbons (Fsp3) is 0.333. The molecule has 0 aromatic heterocycles. The first kappa shape index (κ1) is 15.9. The molecule has 0 aliphatic heterocycles. The van der Waals surface area contributed by atoms with Gasteiger partial charge in [0.25, 0.3) is 0 Å². The maximum absolute atomic E-state index is 11.9. The highest BCUT2D eigenvalue weighted by molar-refractivity contribution is 6.42. The Kier molecular flexibility index (Phi) is 4.91. The third-order valence-electron chi connectivity index (χ3n) is 3.62. The predicted molar refractivity (Wildman–Crippen MR) is 82.5 cm³/mol. The lowest BCUT2D eigenvalue weighted by Gasteiger charge is -2.24. The lowest BCUT2D eigenvalue weighted by Crippen LogP contribution is -2.52. The first-order valence-electron chi connectivity index (χ1n) is 6.62. The van der Waals surface area contributed by atoms with E-state index in [2.05, 4.69) is 5.32 Å². The summed E-state index contributed by atoms with van der Waals surface area (Å²) in [7, 11) is 0. The van der Waals surface area contributed by atoms with E-state index in [1.807, 2.05) is 0 Å². The molecular weight excluding hydrogens is 313 g/mol. The number of rotatable bonds is 4. The summed E-state index contributed by atoms with van der Waals surface area (Å²) in [6, 6.07) is 5.10. The fourth-order valence-electron chi connectivity index (χ4n) is 2.46. The van der Waals surface area contributed by atoms with Crippen LogP contribution in [0.5, 0.6) is 0 Å². The molecule has 1 saturated carbocycles. The van der Waals surface area contributed by atoms with E-state index in [4.69, 9.17) is 23.2 Å². The molecule has 2 N–H and O–H groups in total. The van der Waals surface area contributed by atoms with Crippen molar-refractivity contribution in [1.82, 2.24) is 5.32 Å². The molecule has 0 radical (unpaired) electrons. The summed E-state index contributed by atoms with van der Waals surface area (Å²) in [5.41, 5.74) is -0.533. The van der Waals surface area contributed by atoms with Crippen LogP contribution in [0.25, 0.3) is 6.08 Å².